The molecule has 1 aliphatic rings. The third-order valence-electron chi connectivity index (χ3n) is 1.71. The lowest BCUT2D eigenvalue weighted by molar-refractivity contribution is -0.121. The summed E-state index contributed by atoms with van der Waals surface area (Å²) in [7, 11) is 0. The molecule has 3 heteroatoms. The molecular weight excluding hydrogens is 128 g/mol. The van der Waals surface area contributed by atoms with E-state index >= 15 is 0 Å². The Morgan fingerprint density at radius 1 is 1.60 bits per heavy atom. The Kier molecular flexibility index (Phi) is 1.03. The zero-order valence-corrected chi connectivity index (χ0v) is 5.50. The molecule has 1 amide bonds. The Morgan fingerprint density at radius 3 is 3.40 bits per heavy atom. The fourth-order valence-corrected chi connectivity index (χ4v) is 1.16. The first kappa shape index (κ1) is 5.53. The molecule has 0 saturated heterocycles. The van der Waals surface area contributed by atoms with E-state index in [0.717, 1.165) is 5.69 Å². The summed E-state index contributed by atoms with van der Waals surface area (Å²) in [6.07, 6.45) is 2.49. The summed E-state index contributed by atoms with van der Waals surface area (Å²) in [5.41, 5.74) is 1.10. The molecule has 0 saturated carbocycles. The number of carbonyl (C=O) groups is 1. The van der Waals surface area contributed by atoms with Crippen molar-refractivity contribution in [2.45, 2.75) is 13.1 Å². The maximum Gasteiger partial charge on any atom is 0.227 e. The summed E-state index contributed by atoms with van der Waals surface area (Å²) >= 11 is 0. The summed E-state index contributed by atoms with van der Waals surface area (Å²) < 4.78 is 2.03. The van der Waals surface area contributed by atoms with Gasteiger partial charge < -0.3 is 9.88 Å². The van der Waals surface area contributed by atoms with Crippen LogP contribution >= 0.6 is 0 Å². The van der Waals surface area contributed by atoms with Gasteiger partial charge in [-0.15, -0.1) is 0 Å². The van der Waals surface area contributed by atoms with Crippen molar-refractivity contribution in [1.29, 1.82) is 0 Å². The minimum atomic E-state index is 0.117. The van der Waals surface area contributed by atoms with Gasteiger partial charge in [-0.05, 0) is 12.1 Å². The highest BCUT2D eigenvalue weighted by molar-refractivity contribution is 5.78. The van der Waals surface area contributed by atoms with Gasteiger partial charge in [0.05, 0.1) is 13.1 Å². The average Bonchev–Trinajstić information content (AvgIpc) is 2.33. The van der Waals surface area contributed by atoms with E-state index in [0.29, 0.717) is 13.1 Å². The van der Waals surface area contributed by atoms with Gasteiger partial charge in [-0.1, -0.05) is 0 Å². The summed E-state index contributed by atoms with van der Waals surface area (Å²) in [4.78, 5) is 10.8. The Hall–Kier alpha value is -1.25. The van der Waals surface area contributed by atoms with Gasteiger partial charge in [-0.3, -0.25) is 4.79 Å². The first-order valence-electron chi connectivity index (χ1n) is 3.27. The highest BCUT2D eigenvalue weighted by Crippen LogP contribution is 2.05. The van der Waals surface area contributed by atoms with Crippen LogP contribution in [0.15, 0.2) is 18.3 Å². The minimum absolute atomic E-state index is 0.117. The van der Waals surface area contributed by atoms with E-state index in [4.69, 9.17) is 0 Å². The minimum Gasteiger partial charge on any atom is -0.338 e. The summed E-state index contributed by atoms with van der Waals surface area (Å²) in [6, 6.07) is 3.92. The monoisotopic (exact) mass is 136 g/mol. The van der Waals surface area contributed by atoms with Crippen LogP contribution in [0.3, 0.4) is 0 Å². The number of nitrogens with zero attached hydrogens (tertiary/aromatic N) is 1. The SMILES string of the molecule is O=C1Cc2cccn2CN1. The normalized spacial score (nSPS) is 16.2. The molecule has 3 nitrogen and oxygen atoms in total. The van der Waals surface area contributed by atoms with Crippen molar-refractivity contribution in [2.75, 3.05) is 0 Å². The van der Waals surface area contributed by atoms with Crippen LogP contribution in [0, 0.1) is 0 Å². The standard InChI is InChI=1S/C7H8N2O/c10-7-4-6-2-1-3-9(6)5-8-7/h1-3H,4-5H2,(H,8,10). The number of hydrogen-bond acceptors (Lipinski definition) is 1. The number of rotatable bonds is 0. The molecule has 0 radical (unpaired) electrons. The van der Waals surface area contributed by atoms with Gasteiger partial charge in [0.25, 0.3) is 0 Å². The molecule has 1 N–H and O–H groups in total. The molecule has 1 aliphatic heterocycles. The van der Waals surface area contributed by atoms with Gasteiger partial charge in [-0.25, -0.2) is 0 Å². The number of amides is 1. The van der Waals surface area contributed by atoms with Crippen molar-refractivity contribution in [3.8, 4) is 0 Å². The Balaban J connectivity index is 2.39. The van der Waals surface area contributed by atoms with Gasteiger partial charge >= 0.3 is 0 Å². The zero-order valence-electron chi connectivity index (χ0n) is 5.50. The number of aromatic nitrogens is 1. The van der Waals surface area contributed by atoms with E-state index in [1.54, 1.807) is 0 Å². The highest BCUT2D eigenvalue weighted by Gasteiger charge is 2.11. The van der Waals surface area contributed by atoms with Crippen molar-refractivity contribution < 1.29 is 4.79 Å². The van der Waals surface area contributed by atoms with Crippen molar-refractivity contribution >= 4 is 5.91 Å². The predicted octanol–water partition coefficient (Wildman–Crippen LogP) is 0.118. The van der Waals surface area contributed by atoms with Crippen molar-refractivity contribution in [2.24, 2.45) is 0 Å². The van der Waals surface area contributed by atoms with Crippen LogP contribution in [0.4, 0.5) is 0 Å². The molecule has 0 spiro atoms. The number of carbonyl (C=O) groups excluding carboxylic acids is 1. The lowest BCUT2D eigenvalue weighted by atomic mass is 10.3. The second-order valence-electron chi connectivity index (χ2n) is 2.40. The topological polar surface area (TPSA) is 34.0 Å². The molecule has 1 aromatic rings. The largest absolute Gasteiger partial charge is 0.338 e. The van der Waals surface area contributed by atoms with E-state index in [1.165, 1.54) is 0 Å². The van der Waals surface area contributed by atoms with Crippen molar-refractivity contribution in [1.82, 2.24) is 9.88 Å². The van der Waals surface area contributed by atoms with E-state index in [-0.39, 0.29) is 5.91 Å². The van der Waals surface area contributed by atoms with E-state index < -0.39 is 0 Å². The molecule has 0 aromatic carbocycles. The average molecular weight is 136 g/mol. The third kappa shape index (κ3) is 0.708. The zero-order chi connectivity index (χ0) is 6.97. The second kappa shape index (κ2) is 1.87. The number of nitrogens with one attached hydrogen (secondary N) is 1. The highest BCUT2D eigenvalue weighted by atomic mass is 16.1. The number of fused-ring (bicyclic) bond motifs is 1. The van der Waals surface area contributed by atoms with Crippen LogP contribution in [0.1, 0.15) is 5.69 Å². The van der Waals surface area contributed by atoms with Crippen LogP contribution < -0.4 is 5.32 Å². The van der Waals surface area contributed by atoms with Gasteiger partial charge in [0, 0.05) is 11.9 Å². The van der Waals surface area contributed by atoms with E-state index in [9.17, 15) is 4.79 Å². The third-order valence-corrected chi connectivity index (χ3v) is 1.71. The quantitative estimate of drug-likeness (QED) is 0.540. The van der Waals surface area contributed by atoms with Gasteiger partial charge in [-0.2, -0.15) is 0 Å². The maximum atomic E-state index is 10.8. The molecule has 2 heterocycles. The molecule has 0 bridgehead atoms. The fraction of sp³-hybridized carbons (Fsp3) is 0.286. The maximum absolute atomic E-state index is 10.8. The van der Waals surface area contributed by atoms with Crippen LogP contribution in [0.5, 0.6) is 0 Å². The van der Waals surface area contributed by atoms with E-state index in [2.05, 4.69) is 5.32 Å². The Labute approximate surface area is 58.7 Å². The summed E-state index contributed by atoms with van der Waals surface area (Å²) in [5, 5.41) is 2.75. The Bertz CT molecular complexity index is 264. The molecule has 52 valence electrons. The molecule has 0 atom stereocenters. The Morgan fingerprint density at radius 2 is 2.50 bits per heavy atom. The predicted molar refractivity (Wildman–Crippen MR) is 36.3 cm³/mol. The number of hydrogen-bond donors (Lipinski definition) is 1. The van der Waals surface area contributed by atoms with Crippen LogP contribution in [-0.2, 0) is 17.9 Å². The van der Waals surface area contributed by atoms with Crippen molar-refractivity contribution in [3.63, 3.8) is 0 Å². The molecule has 2 rings (SSSR count). The lowest BCUT2D eigenvalue weighted by Gasteiger charge is -2.15. The molecular formula is C7H8N2O. The molecule has 0 fully saturated rings. The molecule has 0 unspecified atom stereocenters. The van der Waals surface area contributed by atoms with Crippen LogP contribution in [0.25, 0.3) is 0 Å². The first-order valence-corrected chi connectivity index (χ1v) is 3.27. The molecule has 10 heavy (non-hydrogen) atoms. The van der Waals surface area contributed by atoms with Gasteiger partial charge in [0.1, 0.15) is 0 Å². The van der Waals surface area contributed by atoms with Crippen molar-refractivity contribution in [3.05, 3.63) is 24.0 Å². The van der Waals surface area contributed by atoms with Crippen LogP contribution in [-0.4, -0.2) is 10.5 Å². The lowest BCUT2D eigenvalue weighted by Crippen LogP contribution is -2.33. The summed E-state index contributed by atoms with van der Waals surface area (Å²) in [6.45, 7) is 0.626. The second-order valence-corrected chi connectivity index (χ2v) is 2.40. The molecule has 0 aliphatic carbocycles. The van der Waals surface area contributed by atoms with Gasteiger partial charge in [0.2, 0.25) is 5.91 Å². The summed E-state index contributed by atoms with van der Waals surface area (Å²) in [5.74, 6) is 0.117. The van der Waals surface area contributed by atoms with Gasteiger partial charge in [0.15, 0.2) is 0 Å². The fourth-order valence-electron chi connectivity index (χ4n) is 1.16. The first-order chi connectivity index (χ1) is 4.86. The van der Waals surface area contributed by atoms with Crippen LogP contribution in [0.2, 0.25) is 0 Å². The van der Waals surface area contributed by atoms with E-state index in [1.807, 2.05) is 22.9 Å². The smallest absolute Gasteiger partial charge is 0.227 e. The molecule has 1 aromatic heterocycles.